The molecule has 1 N–H and O–H groups in total. The van der Waals surface area contributed by atoms with E-state index >= 15 is 0 Å². The molecule has 0 aliphatic rings. The number of para-hydroxylation sites is 1. The van der Waals surface area contributed by atoms with Crippen molar-refractivity contribution < 1.29 is 14.0 Å². The Bertz CT molecular complexity index is 1290. The highest BCUT2D eigenvalue weighted by Gasteiger charge is 2.15. The van der Waals surface area contributed by atoms with Crippen LogP contribution in [0.4, 0.5) is 0 Å². The first-order valence-corrected chi connectivity index (χ1v) is 8.87. The normalized spacial score (nSPS) is 11.0. The van der Waals surface area contributed by atoms with Crippen molar-refractivity contribution in [3.05, 3.63) is 69.2 Å². The predicted octanol–water partition coefficient (Wildman–Crippen LogP) is 2.00. The fourth-order valence-corrected chi connectivity index (χ4v) is 3.06. The smallest absolute Gasteiger partial charge is 0.328 e. The average Bonchev–Trinajstić information content (AvgIpc) is 3.21. The number of aryl methyl sites for hydroxylation is 1. The Labute approximate surface area is 164 Å². The number of H-pyrrole nitrogens is 1. The molecule has 0 aliphatic carbocycles. The monoisotopic (exact) mass is 394 g/mol. The van der Waals surface area contributed by atoms with Gasteiger partial charge in [0.1, 0.15) is 11.5 Å². The molecule has 0 atom stereocenters. The van der Waals surface area contributed by atoms with Crippen molar-refractivity contribution in [3.63, 3.8) is 0 Å². The van der Waals surface area contributed by atoms with Crippen molar-refractivity contribution in [2.75, 3.05) is 14.2 Å². The SMILES string of the molecule is COc1ccc(-c2noc(CCn3c(=O)[nH]c4ccccc4c3=O)n2)c(OC)c1. The second-order valence-corrected chi connectivity index (χ2v) is 6.26. The molecule has 2 aromatic heterocycles. The Morgan fingerprint density at radius 2 is 1.93 bits per heavy atom. The molecule has 0 unspecified atom stereocenters. The van der Waals surface area contributed by atoms with Gasteiger partial charge in [0.05, 0.1) is 30.7 Å². The number of nitrogens with zero attached hydrogens (tertiary/aromatic N) is 3. The summed E-state index contributed by atoms with van der Waals surface area (Å²) >= 11 is 0. The van der Waals surface area contributed by atoms with Crippen LogP contribution in [0.3, 0.4) is 0 Å². The van der Waals surface area contributed by atoms with Crippen LogP contribution in [0.2, 0.25) is 0 Å². The fourth-order valence-electron chi connectivity index (χ4n) is 3.06. The Morgan fingerprint density at radius 1 is 1.10 bits per heavy atom. The molecule has 0 amide bonds. The number of fused-ring (bicyclic) bond motifs is 1. The lowest BCUT2D eigenvalue weighted by molar-refractivity contribution is 0.369. The number of methoxy groups -OCH3 is 2. The van der Waals surface area contributed by atoms with Crippen LogP contribution in [0.5, 0.6) is 11.5 Å². The lowest BCUT2D eigenvalue weighted by Crippen LogP contribution is -2.35. The molecule has 29 heavy (non-hydrogen) atoms. The largest absolute Gasteiger partial charge is 0.497 e. The average molecular weight is 394 g/mol. The van der Waals surface area contributed by atoms with E-state index in [-0.39, 0.29) is 18.5 Å². The molecule has 9 nitrogen and oxygen atoms in total. The summed E-state index contributed by atoms with van der Waals surface area (Å²) in [6.45, 7) is 0.111. The summed E-state index contributed by atoms with van der Waals surface area (Å²) in [5, 5.41) is 4.42. The van der Waals surface area contributed by atoms with Crippen LogP contribution in [-0.4, -0.2) is 33.9 Å². The Morgan fingerprint density at radius 3 is 2.72 bits per heavy atom. The zero-order valence-electron chi connectivity index (χ0n) is 15.8. The van der Waals surface area contributed by atoms with E-state index < -0.39 is 5.69 Å². The second-order valence-electron chi connectivity index (χ2n) is 6.26. The van der Waals surface area contributed by atoms with Crippen molar-refractivity contribution >= 4 is 10.9 Å². The first-order valence-electron chi connectivity index (χ1n) is 8.87. The first kappa shape index (κ1) is 18.5. The van der Waals surface area contributed by atoms with E-state index in [1.807, 2.05) is 0 Å². The number of ether oxygens (including phenoxy) is 2. The molecule has 148 valence electrons. The Balaban J connectivity index is 1.59. The summed E-state index contributed by atoms with van der Waals surface area (Å²) in [4.78, 5) is 31.9. The molecule has 4 rings (SSSR count). The van der Waals surface area contributed by atoms with Crippen LogP contribution < -0.4 is 20.7 Å². The minimum absolute atomic E-state index is 0.111. The lowest BCUT2D eigenvalue weighted by atomic mass is 10.2. The molecule has 0 saturated carbocycles. The van der Waals surface area contributed by atoms with Crippen molar-refractivity contribution in [3.8, 4) is 22.9 Å². The van der Waals surface area contributed by atoms with Gasteiger partial charge in [-0.2, -0.15) is 4.98 Å². The van der Waals surface area contributed by atoms with Gasteiger partial charge in [-0.05, 0) is 24.3 Å². The van der Waals surface area contributed by atoms with E-state index in [1.165, 1.54) is 7.11 Å². The maximum absolute atomic E-state index is 12.6. The number of nitrogens with one attached hydrogen (secondary N) is 1. The molecular formula is C20H18N4O5. The van der Waals surface area contributed by atoms with E-state index in [4.69, 9.17) is 14.0 Å². The molecule has 0 fully saturated rings. The van der Waals surface area contributed by atoms with Gasteiger partial charge in [-0.25, -0.2) is 4.79 Å². The zero-order chi connectivity index (χ0) is 20.4. The Hall–Kier alpha value is -3.88. The van der Waals surface area contributed by atoms with E-state index in [0.717, 1.165) is 4.57 Å². The van der Waals surface area contributed by atoms with Crippen LogP contribution in [0.15, 0.2) is 56.6 Å². The third kappa shape index (κ3) is 3.49. The molecule has 0 aliphatic heterocycles. The van der Waals surface area contributed by atoms with Crippen molar-refractivity contribution in [2.24, 2.45) is 0 Å². The molecule has 0 radical (unpaired) electrons. The number of benzene rings is 2. The number of aromatic nitrogens is 4. The molecule has 2 aromatic carbocycles. The van der Waals surface area contributed by atoms with Crippen molar-refractivity contribution in [2.45, 2.75) is 13.0 Å². The number of rotatable bonds is 6. The zero-order valence-corrected chi connectivity index (χ0v) is 15.8. The molecule has 0 spiro atoms. The molecule has 9 heteroatoms. The summed E-state index contributed by atoms with van der Waals surface area (Å²) < 4.78 is 17.0. The quantitative estimate of drug-likeness (QED) is 0.532. The maximum Gasteiger partial charge on any atom is 0.328 e. The fraction of sp³-hybridized carbons (Fsp3) is 0.200. The van der Waals surface area contributed by atoms with Crippen LogP contribution in [-0.2, 0) is 13.0 Å². The molecule has 4 aromatic rings. The highest BCUT2D eigenvalue weighted by molar-refractivity contribution is 5.76. The summed E-state index contributed by atoms with van der Waals surface area (Å²) in [5.74, 6) is 1.83. The summed E-state index contributed by atoms with van der Waals surface area (Å²) in [7, 11) is 3.11. The lowest BCUT2D eigenvalue weighted by Gasteiger charge is -2.07. The molecular weight excluding hydrogens is 376 g/mol. The van der Waals surface area contributed by atoms with Crippen molar-refractivity contribution in [1.29, 1.82) is 0 Å². The van der Waals surface area contributed by atoms with Gasteiger partial charge >= 0.3 is 5.69 Å². The molecule has 2 heterocycles. The number of hydrogen-bond acceptors (Lipinski definition) is 7. The minimum Gasteiger partial charge on any atom is -0.497 e. The van der Waals surface area contributed by atoms with Gasteiger partial charge in [0.2, 0.25) is 11.7 Å². The van der Waals surface area contributed by atoms with Gasteiger partial charge in [-0.1, -0.05) is 17.3 Å². The predicted molar refractivity (Wildman–Crippen MR) is 105 cm³/mol. The van der Waals surface area contributed by atoms with E-state index in [9.17, 15) is 9.59 Å². The standard InChI is InChI=1S/C20H18N4O5/c1-27-12-7-8-14(16(11-12)28-2)18-22-17(29-23-18)9-10-24-19(25)13-5-3-4-6-15(13)21-20(24)26/h3-8,11H,9-10H2,1-2H3,(H,21,26). The first-order chi connectivity index (χ1) is 14.1. The van der Waals surface area contributed by atoms with Crippen LogP contribution in [0.25, 0.3) is 22.3 Å². The Kier molecular flexibility index (Phi) is 4.86. The van der Waals surface area contributed by atoms with E-state index in [2.05, 4.69) is 15.1 Å². The minimum atomic E-state index is -0.481. The van der Waals surface area contributed by atoms with Gasteiger partial charge in [0, 0.05) is 19.0 Å². The van der Waals surface area contributed by atoms with Crippen LogP contribution in [0, 0.1) is 0 Å². The summed E-state index contributed by atoms with van der Waals surface area (Å²) in [5.41, 5.74) is 0.306. The van der Waals surface area contributed by atoms with Crippen molar-refractivity contribution in [1.82, 2.24) is 19.7 Å². The van der Waals surface area contributed by atoms with Crippen LogP contribution >= 0.6 is 0 Å². The highest BCUT2D eigenvalue weighted by Crippen LogP contribution is 2.31. The topological polar surface area (TPSA) is 112 Å². The highest BCUT2D eigenvalue weighted by atomic mass is 16.5. The third-order valence-corrected chi connectivity index (χ3v) is 4.56. The summed E-state index contributed by atoms with van der Waals surface area (Å²) in [6, 6.07) is 12.1. The number of aromatic amines is 1. The van der Waals surface area contributed by atoms with Gasteiger partial charge in [0.25, 0.3) is 5.56 Å². The molecule has 0 bridgehead atoms. The van der Waals surface area contributed by atoms with E-state index in [0.29, 0.717) is 39.7 Å². The third-order valence-electron chi connectivity index (χ3n) is 4.56. The van der Waals surface area contributed by atoms with E-state index in [1.54, 1.807) is 49.6 Å². The van der Waals surface area contributed by atoms with Gasteiger partial charge in [0.15, 0.2) is 0 Å². The van der Waals surface area contributed by atoms with Gasteiger partial charge in [-0.3, -0.25) is 9.36 Å². The van der Waals surface area contributed by atoms with Gasteiger partial charge in [-0.15, -0.1) is 0 Å². The number of hydrogen-bond donors (Lipinski definition) is 1. The second kappa shape index (κ2) is 7.63. The summed E-state index contributed by atoms with van der Waals surface area (Å²) in [6.07, 6.45) is 0.229. The molecule has 0 saturated heterocycles. The van der Waals surface area contributed by atoms with Crippen LogP contribution in [0.1, 0.15) is 5.89 Å². The van der Waals surface area contributed by atoms with Gasteiger partial charge < -0.3 is 19.0 Å². The maximum atomic E-state index is 12.6.